The number of carbonyl (C=O) groups excluding carboxylic acids is 2. The van der Waals surface area contributed by atoms with Crippen LogP contribution in [0.1, 0.15) is 41.0 Å². The van der Waals surface area contributed by atoms with Gasteiger partial charge < -0.3 is 4.43 Å². The molecule has 0 N–H and O–H groups in total. The van der Waals surface area contributed by atoms with Crippen molar-refractivity contribution in [3.05, 3.63) is 0 Å². The lowest BCUT2D eigenvalue weighted by Crippen LogP contribution is -2.45. The molecule has 0 aliphatic heterocycles. The molecule has 0 aromatic rings. The van der Waals surface area contributed by atoms with E-state index < -0.39 is 19.3 Å². The molecular formula is C13H26O3Si. The third-order valence-corrected chi connectivity index (χ3v) is 3.51. The maximum atomic E-state index is 12.1. The van der Waals surface area contributed by atoms with Gasteiger partial charge in [0.25, 0.3) is 0 Å². The molecule has 0 aliphatic carbocycles. The molecule has 0 rings (SSSR count). The SMILES string of the molecule is CC(C)(C)C(=O)CC(=O)C(C)(C)O[Si](C)(C)C. The maximum Gasteiger partial charge on any atom is 0.185 e. The highest BCUT2D eigenvalue weighted by atomic mass is 28.4. The molecule has 0 aliphatic rings. The maximum absolute atomic E-state index is 12.1. The van der Waals surface area contributed by atoms with E-state index in [4.69, 9.17) is 4.43 Å². The van der Waals surface area contributed by atoms with E-state index >= 15 is 0 Å². The van der Waals surface area contributed by atoms with E-state index in [9.17, 15) is 9.59 Å². The van der Waals surface area contributed by atoms with Gasteiger partial charge in [-0.1, -0.05) is 20.8 Å². The molecular weight excluding hydrogens is 232 g/mol. The molecule has 0 bridgehead atoms. The van der Waals surface area contributed by atoms with E-state index in [1.165, 1.54) is 0 Å². The topological polar surface area (TPSA) is 43.4 Å². The zero-order chi connectivity index (χ0) is 14.1. The highest BCUT2D eigenvalue weighted by molar-refractivity contribution is 6.70. The van der Waals surface area contributed by atoms with Gasteiger partial charge in [0.2, 0.25) is 0 Å². The summed E-state index contributed by atoms with van der Waals surface area (Å²) in [5.41, 5.74) is -1.32. The molecule has 4 heteroatoms. The monoisotopic (exact) mass is 258 g/mol. The number of hydrogen-bond acceptors (Lipinski definition) is 3. The third-order valence-electron chi connectivity index (χ3n) is 2.39. The second-order valence-corrected chi connectivity index (χ2v) is 11.4. The van der Waals surface area contributed by atoms with E-state index in [0.29, 0.717) is 0 Å². The van der Waals surface area contributed by atoms with Crippen molar-refractivity contribution in [3.63, 3.8) is 0 Å². The standard InChI is InChI=1S/C13H26O3Si/c1-12(2,3)10(14)9-11(15)13(4,5)16-17(6,7)8/h9H2,1-8H3. The highest BCUT2D eigenvalue weighted by Crippen LogP contribution is 2.23. The molecule has 0 atom stereocenters. The Labute approximate surface area is 106 Å². The van der Waals surface area contributed by atoms with Crippen molar-refractivity contribution < 1.29 is 14.0 Å². The minimum Gasteiger partial charge on any atom is -0.406 e. The molecule has 0 amide bonds. The lowest BCUT2D eigenvalue weighted by molar-refractivity contribution is -0.139. The van der Waals surface area contributed by atoms with Gasteiger partial charge >= 0.3 is 0 Å². The summed E-state index contributed by atoms with van der Waals surface area (Å²) in [6, 6.07) is 0. The lowest BCUT2D eigenvalue weighted by atomic mass is 9.85. The van der Waals surface area contributed by atoms with Gasteiger partial charge in [-0.3, -0.25) is 9.59 Å². The first-order valence-corrected chi connectivity index (χ1v) is 9.43. The molecule has 0 saturated carbocycles. The average molecular weight is 258 g/mol. The van der Waals surface area contributed by atoms with E-state index in [0.717, 1.165) is 0 Å². The first-order valence-electron chi connectivity index (χ1n) is 6.02. The second-order valence-electron chi connectivity index (χ2n) is 7.00. The first-order chi connectivity index (χ1) is 7.26. The van der Waals surface area contributed by atoms with Crippen LogP contribution < -0.4 is 0 Å². The van der Waals surface area contributed by atoms with Crippen molar-refractivity contribution in [2.24, 2.45) is 5.41 Å². The number of ketones is 2. The Bertz CT molecular complexity index is 306. The molecule has 17 heavy (non-hydrogen) atoms. The number of Topliss-reactive ketones (excluding diaryl/α,β-unsaturated/α-hetero) is 2. The molecule has 0 aromatic heterocycles. The number of carbonyl (C=O) groups is 2. The Kier molecular flexibility index (Phi) is 4.88. The normalized spacial score (nSPS) is 13.6. The van der Waals surface area contributed by atoms with Crippen LogP contribution >= 0.6 is 0 Å². The summed E-state index contributed by atoms with van der Waals surface area (Å²) in [5, 5.41) is 0. The summed E-state index contributed by atoms with van der Waals surface area (Å²) in [7, 11) is -1.78. The van der Waals surface area contributed by atoms with Gasteiger partial charge in [0.15, 0.2) is 14.1 Å². The summed E-state index contributed by atoms with van der Waals surface area (Å²) in [6.45, 7) is 15.1. The molecule has 0 saturated heterocycles. The van der Waals surface area contributed by atoms with Crippen LogP contribution in [0.3, 0.4) is 0 Å². The van der Waals surface area contributed by atoms with E-state index in [1.54, 1.807) is 13.8 Å². The van der Waals surface area contributed by atoms with Gasteiger partial charge in [-0.15, -0.1) is 0 Å². The zero-order valence-corrected chi connectivity index (χ0v) is 13.4. The fourth-order valence-corrected chi connectivity index (χ4v) is 3.09. The quantitative estimate of drug-likeness (QED) is 0.562. The van der Waals surface area contributed by atoms with Crippen LogP contribution in [-0.2, 0) is 14.0 Å². The van der Waals surface area contributed by atoms with Gasteiger partial charge in [0.05, 0.1) is 6.42 Å². The molecule has 0 aromatic carbocycles. The van der Waals surface area contributed by atoms with Crippen molar-refractivity contribution in [2.45, 2.75) is 66.3 Å². The van der Waals surface area contributed by atoms with Crippen molar-refractivity contribution in [3.8, 4) is 0 Å². The van der Waals surface area contributed by atoms with Crippen LogP contribution in [0.4, 0.5) is 0 Å². The molecule has 0 fully saturated rings. The number of rotatable bonds is 5. The molecule has 0 spiro atoms. The first kappa shape index (κ1) is 16.5. The summed E-state index contributed by atoms with van der Waals surface area (Å²) < 4.78 is 5.84. The Hall–Kier alpha value is -0.483. The van der Waals surface area contributed by atoms with Crippen LogP contribution in [0.5, 0.6) is 0 Å². The summed E-state index contributed by atoms with van der Waals surface area (Å²) >= 11 is 0. The van der Waals surface area contributed by atoms with Crippen LogP contribution in [0.2, 0.25) is 19.6 Å². The van der Waals surface area contributed by atoms with Gasteiger partial charge in [-0.2, -0.15) is 0 Å². The Morgan fingerprint density at radius 2 is 1.35 bits per heavy atom. The Morgan fingerprint density at radius 3 is 1.65 bits per heavy atom. The van der Waals surface area contributed by atoms with E-state index in [-0.39, 0.29) is 18.0 Å². The van der Waals surface area contributed by atoms with Gasteiger partial charge in [0.1, 0.15) is 11.4 Å². The van der Waals surface area contributed by atoms with Crippen molar-refractivity contribution >= 4 is 19.9 Å². The fraction of sp³-hybridized carbons (Fsp3) is 0.846. The summed E-state index contributed by atoms with van der Waals surface area (Å²) in [4.78, 5) is 23.9. The summed E-state index contributed by atoms with van der Waals surface area (Å²) in [6.07, 6.45) is -0.0407. The largest absolute Gasteiger partial charge is 0.406 e. The second kappa shape index (κ2) is 5.02. The van der Waals surface area contributed by atoms with Gasteiger partial charge in [-0.25, -0.2) is 0 Å². The molecule has 0 heterocycles. The van der Waals surface area contributed by atoms with Crippen molar-refractivity contribution in [1.29, 1.82) is 0 Å². The minimum atomic E-state index is -1.78. The predicted molar refractivity (Wildman–Crippen MR) is 72.6 cm³/mol. The molecule has 100 valence electrons. The molecule has 3 nitrogen and oxygen atoms in total. The van der Waals surface area contributed by atoms with E-state index in [1.807, 2.05) is 40.4 Å². The van der Waals surface area contributed by atoms with Crippen LogP contribution in [0.15, 0.2) is 0 Å². The van der Waals surface area contributed by atoms with Crippen LogP contribution in [0.25, 0.3) is 0 Å². The summed E-state index contributed by atoms with van der Waals surface area (Å²) in [5.74, 6) is -0.158. The molecule has 0 radical (unpaired) electrons. The lowest BCUT2D eigenvalue weighted by Gasteiger charge is -2.32. The number of hydrogen-bond donors (Lipinski definition) is 0. The highest BCUT2D eigenvalue weighted by Gasteiger charge is 2.36. The zero-order valence-electron chi connectivity index (χ0n) is 12.4. The Morgan fingerprint density at radius 1 is 0.941 bits per heavy atom. The van der Waals surface area contributed by atoms with Gasteiger partial charge in [-0.05, 0) is 33.5 Å². The van der Waals surface area contributed by atoms with Crippen LogP contribution in [0, 0.1) is 5.41 Å². The van der Waals surface area contributed by atoms with Crippen molar-refractivity contribution in [1.82, 2.24) is 0 Å². The average Bonchev–Trinajstić information content (AvgIpc) is 1.96. The van der Waals surface area contributed by atoms with Crippen molar-refractivity contribution in [2.75, 3.05) is 0 Å². The Balaban J connectivity index is 4.67. The predicted octanol–water partition coefficient (Wildman–Crippen LogP) is 3.19. The fourth-order valence-electron chi connectivity index (χ4n) is 1.45. The van der Waals surface area contributed by atoms with E-state index in [2.05, 4.69) is 0 Å². The minimum absolute atomic E-state index is 0.0326. The smallest absolute Gasteiger partial charge is 0.185 e. The molecule has 0 unspecified atom stereocenters. The third kappa shape index (κ3) is 6.12. The van der Waals surface area contributed by atoms with Crippen LogP contribution in [-0.4, -0.2) is 25.5 Å². The van der Waals surface area contributed by atoms with Gasteiger partial charge in [0, 0.05) is 5.41 Å².